The van der Waals surface area contributed by atoms with Gasteiger partial charge in [0.2, 0.25) is 5.91 Å². The molecule has 0 radical (unpaired) electrons. The summed E-state index contributed by atoms with van der Waals surface area (Å²) in [5.74, 6) is 2.40. The van der Waals surface area contributed by atoms with Crippen molar-refractivity contribution in [3.05, 3.63) is 24.0 Å². The maximum Gasteiger partial charge on any atom is 0.226 e. The van der Waals surface area contributed by atoms with E-state index in [9.17, 15) is 4.79 Å². The number of hydrogen-bond donors (Lipinski definition) is 2. The van der Waals surface area contributed by atoms with Crippen LogP contribution in [-0.4, -0.2) is 16.1 Å². The number of furan rings is 1. The summed E-state index contributed by atoms with van der Waals surface area (Å²) in [5.41, 5.74) is 2.05. The third-order valence-electron chi connectivity index (χ3n) is 4.57. The molecule has 2 aromatic heterocycles. The molecule has 2 aromatic rings. The minimum absolute atomic E-state index is 0.0758. The van der Waals surface area contributed by atoms with Crippen LogP contribution in [0.25, 0.3) is 11.5 Å². The molecule has 0 saturated heterocycles. The van der Waals surface area contributed by atoms with Crippen molar-refractivity contribution in [1.29, 1.82) is 0 Å². The van der Waals surface area contributed by atoms with Gasteiger partial charge in [-0.1, -0.05) is 12.8 Å². The summed E-state index contributed by atoms with van der Waals surface area (Å²) >= 11 is 0. The van der Waals surface area contributed by atoms with Gasteiger partial charge in [-0.15, -0.1) is 0 Å². The maximum absolute atomic E-state index is 11.9. The van der Waals surface area contributed by atoms with Crippen LogP contribution in [0.4, 0.5) is 5.82 Å². The van der Waals surface area contributed by atoms with Crippen LogP contribution < -0.4 is 5.32 Å². The van der Waals surface area contributed by atoms with Crippen LogP contribution in [-0.2, 0) is 4.79 Å². The summed E-state index contributed by atoms with van der Waals surface area (Å²) in [6.07, 6.45) is 7.18. The lowest BCUT2D eigenvalue weighted by Gasteiger charge is -2.27. The summed E-state index contributed by atoms with van der Waals surface area (Å²) in [5, 5.41) is 10.2. The Morgan fingerprint density at radius 3 is 2.90 bits per heavy atom. The van der Waals surface area contributed by atoms with Crippen molar-refractivity contribution in [3.8, 4) is 11.5 Å². The molecule has 20 heavy (non-hydrogen) atoms. The Balaban J connectivity index is 1.80. The molecule has 4 rings (SSSR count). The van der Waals surface area contributed by atoms with Crippen molar-refractivity contribution in [3.63, 3.8) is 0 Å². The van der Waals surface area contributed by atoms with Crippen LogP contribution >= 0.6 is 0 Å². The SMILES string of the molecule is O=C1CC(C2CCCC2)c2c(n[nH]c2-c2ccco2)N1. The first-order valence-corrected chi connectivity index (χ1v) is 7.25. The average molecular weight is 271 g/mol. The molecular weight excluding hydrogens is 254 g/mol. The Hall–Kier alpha value is -2.04. The van der Waals surface area contributed by atoms with Crippen molar-refractivity contribution in [2.24, 2.45) is 5.92 Å². The summed E-state index contributed by atoms with van der Waals surface area (Å²) in [6, 6.07) is 3.80. The molecule has 5 heteroatoms. The largest absolute Gasteiger partial charge is 0.463 e. The Labute approximate surface area is 116 Å². The van der Waals surface area contributed by atoms with E-state index < -0.39 is 0 Å². The molecule has 0 aromatic carbocycles. The van der Waals surface area contributed by atoms with Crippen molar-refractivity contribution in [2.45, 2.75) is 38.0 Å². The number of carbonyl (C=O) groups is 1. The lowest BCUT2D eigenvalue weighted by atomic mass is 9.80. The number of amides is 1. The van der Waals surface area contributed by atoms with Gasteiger partial charge in [0, 0.05) is 17.9 Å². The zero-order valence-electron chi connectivity index (χ0n) is 11.2. The van der Waals surface area contributed by atoms with Gasteiger partial charge in [0.05, 0.1) is 6.26 Å². The number of nitrogens with one attached hydrogen (secondary N) is 2. The molecule has 0 spiro atoms. The molecule has 1 atom stereocenters. The number of carbonyl (C=O) groups excluding carboxylic acids is 1. The summed E-state index contributed by atoms with van der Waals surface area (Å²) in [4.78, 5) is 11.9. The predicted molar refractivity (Wildman–Crippen MR) is 74.2 cm³/mol. The zero-order valence-corrected chi connectivity index (χ0v) is 11.2. The number of anilines is 1. The first-order valence-electron chi connectivity index (χ1n) is 7.25. The molecule has 5 nitrogen and oxygen atoms in total. The van der Waals surface area contributed by atoms with Gasteiger partial charge in [0.1, 0.15) is 5.69 Å². The van der Waals surface area contributed by atoms with Gasteiger partial charge >= 0.3 is 0 Å². The number of hydrogen-bond acceptors (Lipinski definition) is 3. The van der Waals surface area contributed by atoms with E-state index in [0.29, 0.717) is 18.2 Å². The van der Waals surface area contributed by atoms with Crippen molar-refractivity contribution in [1.82, 2.24) is 10.2 Å². The van der Waals surface area contributed by atoms with Crippen LogP contribution in [0.3, 0.4) is 0 Å². The van der Waals surface area contributed by atoms with Gasteiger partial charge in [-0.05, 0) is 30.9 Å². The van der Waals surface area contributed by atoms with Gasteiger partial charge in [-0.3, -0.25) is 9.89 Å². The standard InChI is InChI=1S/C15H17N3O2/c19-12-8-10(9-4-1-2-5-9)13-14(11-6-3-7-20-11)17-18-15(13)16-12/h3,6-7,9-10H,1-2,4-5,8H2,(H2,16,17,18,19). The Kier molecular flexibility index (Phi) is 2.65. The van der Waals surface area contributed by atoms with E-state index in [0.717, 1.165) is 17.0 Å². The molecule has 1 amide bonds. The van der Waals surface area contributed by atoms with Gasteiger partial charge in [0.15, 0.2) is 11.6 Å². The fraction of sp³-hybridized carbons (Fsp3) is 0.467. The predicted octanol–water partition coefficient (Wildman–Crippen LogP) is 3.29. The molecule has 2 aliphatic rings. The Bertz CT molecular complexity index is 624. The van der Waals surface area contributed by atoms with Gasteiger partial charge in [-0.2, -0.15) is 5.10 Å². The number of fused-ring (bicyclic) bond motifs is 1. The summed E-state index contributed by atoms with van der Waals surface area (Å²) < 4.78 is 5.50. The van der Waals surface area contributed by atoms with E-state index in [2.05, 4.69) is 15.5 Å². The minimum Gasteiger partial charge on any atom is -0.463 e. The molecular formula is C15H17N3O2. The Morgan fingerprint density at radius 2 is 2.15 bits per heavy atom. The molecule has 1 saturated carbocycles. The zero-order chi connectivity index (χ0) is 13.5. The number of aromatic amines is 1. The number of rotatable bonds is 2. The number of H-pyrrole nitrogens is 1. The smallest absolute Gasteiger partial charge is 0.226 e. The molecule has 1 aliphatic heterocycles. The second-order valence-corrected chi connectivity index (χ2v) is 5.74. The van der Waals surface area contributed by atoms with E-state index in [1.807, 2.05) is 12.1 Å². The lowest BCUT2D eigenvalue weighted by molar-refractivity contribution is -0.117. The average Bonchev–Trinajstić information content (AvgIpc) is 3.18. The van der Waals surface area contributed by atoms with Gasteiger partial charge in [0.25, 0.3) is 0 Å². The number of aromatic nitrogens is 2. The second kappa shape index (κ2) is 4.51. The molecule has 104 valence electrons. The van der Waals surface area contributed by atoms with E-state index in [-0.39, 0.29) is 11.8 Å². The molecule has 0 bridgehead atoms. The third kappa shape index (κ3) is 1.77. The molecule has 2 N–H and O–H groups in total. The highest BCUT2D eigenvalue weighted by Crippen LogP contribution is 2.46. The van der Waals surface area contributed by atoms with Crippen LogP contribution in [0.2, 0.25) is 0 Å². The van der Waals surface area contributed by atoms with Crippen LogP contribution in [0.5, 0.6) is 0 Å². The second-order valence-electron chi connectivity index (χ2n) is 5.74. The quantitative estimate of drug-likeness (QED) is 0.880. The van der Waals surface area contributed by atoms with E-state index >= 15 is 0 Å². The first-order chi connectivity index (χ1) is 9.83. The highest BCUT2D eigenvalue weighted by Gasteiger charge is 2.37. The van der Waals surface area contributed by atoms with Crippen molar-refractivity contribution < 1.29 is 9.21 Å². The van der Waals surface area contributed by atoms with E-state index in [1.54, 1.807) is 6.26 Å². The third-order valence-corrected chi connectivity index (χ3v) is 4.57. The normalized spacial score (nSPS) is 22.8. The van der Waals surface area contributed by atoms with Crippen molar-refractivity contribution >= 4 is 11.7 Å². The Morgan fingerprint density at radius 1 is 1.30 bits per heavy atom. The lowest BCUT2D eigenvalue weighted by Crippen LogP contribution is -2.26. The van der Waals surface area contributed by atoms with E-state index in [4.69, 9.17) is 4.42 Å². The summed E-state index contributed by atoms with van der Waals surface area (Å²) in [7, 11) is 0. The van der Waals surface area contributed by atoms with Crippen LogP contribution in [0, 0.1) is 5.92 Å². The van der Waals surface area contributed by atoms with Crippen LogP contribution in [0.1, 0.15) is 43.6 Å². The van der Waals surface area contributed by atoms with E-state index in [1.165, 1.54) is 25.7 Å². The molecule has 1 aliphatic carbocycles. The van der Waals surface area contributed by atoms with Crippen LogP contribution in [0.15, 0.2) is 22.8 Å². The monoisotopic (exact) mass is 271 g/mol. The fourth-order valence-corrected chi connectivity index (χ4v) is 3.66. The molecule has 1 unspecified atom stereocenters. The minimum atomic E-state index is 0.0758. The highest BCUT2D eigenvalue weighted by molar-refractivity contribution is 5.95. The highest BCUT2D eigenvalue weighted by atomic mass is 16.3. The first kappa shape index (κ1) is 11.8. The van der Waals surface area contributed by atoms with Gasteiger partial charge < -0.3 is 9.73 Å². The topological polar surface area (TPSA) is 70.9 Å². The van der Waals surface area contributed by atoms with Crippen molar-refractivity contribution in [2.75, 3.05) is 5.32 Å². The summed E-state index contributed by atoms with van der Waals surface area (Å²) in [6.45, 7) is 0. The fourth-order valence-electron chi connectivity index (χ4n) is 3.66. The maximum atomic E-state index is 11.9. The molecule has 1 fully saturated rings. The van der Waals surface area contributed by atoms with Gasteiger partial charge in [-0.25, -0.2) is 0 Å². The molecule has 3 heterocycles. The number of nitrogens with zero attached hydrogens (tertiary/aromatic N) is 1.